The first kappa shape index (κ1) is 16.4. The van der Waals surface area contributed by atoms with E-state index < -0.39 is 0 Å². The first-order valence-electron chi connectivity index (χ1n) is 8.77. The van der Waals surface area contributed by atoms with Gasteiger partial charge in [-0.3, -0.25) is 19.3 Å². The molecule has 4 rings (SSSR count). The Morgan fingerprint density at radius 1 is 1.15 bits per heavy atom. The van der Waals surface area contributed by atoms with E-state index in [1.165, 1.54) is 0 Å². The highest BCUT2D eigenvalue weighted by molar-refractivity contribution is 5.78. The predicted octanol–water partition coefficient (Wildman–Crippen LogP) is 2.01. The monoisotopic (exact) mass is 348 g/mol. The molecule has 1 fully saturated rings. The van der Waals surface area contributed by atoms with Gasteiger partial charge in [-0.15, -0.1) is 0 Å². The van der Waals surface area contributed by atoms with Crippen LogP contribution in [0.1, 0.15) is 30.0 Å². The Kier molecular flexibility index (Phi) is 4.68. The van der Waals surface area contributed by atoms with Gasteiger partial charge in [0.25, 0.3) is 0 Å². The minimum Gasteiger partial charge on any atom is -0.342 e. The maximum absolute atomic E-state index is 12.7. The Bertz CT molecular complexity index is 865. The summed E-state index contributed by atoms with van der Waals surface area (Å²) >= 11 is 0. The zero-order valence-electron chi connectivity index (χ0n) is 14.4. The second kappa shape index (κ2) is 7.43. The van der Waals surface area contributed by atoms with Crippen LogP contribution in [0.5, 0.6) is 0 Å². The topological polar surface area (TPSA) is 76.8 Å². The quantitative estimate of drug-likeness (QED) is 0.721. The molecule has 0 spiro atoms. The highest BCUT2D eigenvalue weighted by Crippen LogP contribution is 2.28. The van der Waals surface area contributed by atoms with Gasteiger partial charge in [-0.2, -0.15) is 0 Å². The number of nitrogens with zero attached hydrogens (tertiary/aromatic N) is 6. The molecule has 0 bridgehead atoms. The minimum absolute atomic E-state index is 0.135. The van der Waals surface area contributed by atoms with Crippen LogP contribution >= 0.6 is 0 Å². The standard InChI is InChI=1S/C19H20N6O/c26-17(11-15-3-1-5-20-12-15)24-9-2-4-16(13-24)18-19(23-7-6-22-18)25-10-8-21-14-25/h1,3,5-8,10,12,14,16H,2,4,9,11,13H2/t16-/m1/s1. The first-order chi connectivity index (χ1) is 12.8. The van der Waals surface area contributed by atoms with Crippen LogP contribution in [-0.2, 0) is 11.2 Å². The lowest BCUT2D eigenvalue weighted by Gasteiger charge is -2.33. The predicted molar refractivity (Wildman–Crippen MR) is 95.7 cm³/mol. The van der Waals surface area contributed by atoms with Crippen molar-refractivity contribution >= 4 is 5.91 Å². The van der Waals surface area contributed by atoms with E-state index in [1.807, 2.05) is 27.8 Å². The van der Waals surface area contributed by atoms with Gasteiger partial charge >= 0.3 is 0 Å². The highest BCUT2D eigenvalue weighted by Gasteiger charge is 2.28. The van der Waals surface area contributed by atoms with Crippen molar-refractivity contribution in [2.24, 2.45) is 0 Å². The maximum atomic E-state index is 12.7. The number of pyridine rings is 1. The van der Waals surface area contributed by atoms with Crippen LogP contribution in [0.25, 0.3) is 5.82 Å². The summed E-state index contributed by atoms with van der Waals surface area (Å²) in [6.07, 6.45) is 14.5. The Morgan fingerprint density at radius 3 is 2.88 bits per heavy atom. The number of imidazole rings is 1. The number of rotatable bonds is 4. The number of amides is 1. The van der Waals surface area contributed by atoms with Gasteiger partial charge in [0.2, 0.25) is 5.91 Å². The average molecular weight is 348 g/mol. The van der Waals surface area contributed by atoms with Crippen LogP contribution in [0, 0.1) is 0 Å². The third-order valence-electron chi connectivity index (χ3n) is 4.69. The minimum atomic E-state index is 0.135. The summed E-state index contributed by atoms with van der Waals surface area (Å²) in [7, 11) is 0. The van der Waals surface area contributed by atoms with Crippen molar-refractivity contribution in [2.45, 2.75) is 25.2 Å². The zero-order valence-corrected chi connectivity index (χ0v) is 14.4. The summed E-state index contributed by atoms with van der Waals surface area (Å²) in [5.74, 6) is 1.10. The van der Waals surface area contributed by atoms with Gasteiger partial charge < -0.3 is 4.90 Å². The molecule has 0 saturated carbocycles. The van der Waals surface area contributed by atoms with Crippen LogP contribution in [-0.4, -0.2) is 48.4 Å². The molecule has 0 N–H and O–H groups in total. The molecule has 0 aromatic carbocycles. The molecule has 3 aromatic rings. The Morgan fingerprint density at radius 2 is 2.08 bits per heavy atom. The fourth-order valence-electron chi connectivity index (χ4n) is 3.43. The molecule has 1 atom stereocenters. The normalized spacial score (nSPS) is 17.2. The molecule has 26 heavy (non-hydrogen) atoms. The van der Waals surface area contributed by atoms with E-state index in [0.29, 0.717) is 13.0 Å². The largest absolute Gasteiger partial charge is 0.342 e. The second-order valence-corrected chi connectivity index (χ2v) is 6.45. The smallest absolute Gasteiger partial charge is 0.227 e. The number of piperidine rings is 1. The number of carbonyl (C=O) groups is 1. The fraction of sp³-hybridized carbons (Fsp3) is 0.316. The second-order valence-electron chi connectivity index (χ2n) is 6.45. The number of hydrogen-bond donors (Lipinski definition) is 0. The fourth-order valence-corrected chi connectivity index (χ4v) is 3.43. The first-order valence-corrected chi connectivity index (χ1v) is 8.77. The summed E-state index contributed by atoms with van der Waals surface area (Å²) in [4.78, 5) is 31.9. The number of aromatic nitrogens is 5. The summed E-state index contributed by atoms with van der Waals surface area (Å²) in [5.41, 5.74) is 1.86. The molecule has 7 heteroatoms. The summed E-state index contributed by atoms with van der Waals surface area (Å²) in [5, 5.41) is 0. The lowest BCUT2D eigenvalue weighted by atomic mass is 9.94. The van der Waals surface area contributed by atoms with Gasteiger partial charge in [-0.05, 0) is 24.5 Å². The van der Waals surface area contributed by atoms with Crippen molar-refractivity contribution in [3.8, 4) is 5.82 Å². The van der Waals surface area contributed by atoms with Gasteiger partial charge in [0.05, 0.1) is 12.1 Å². The average Bonchev–Trinajstić information content (AvgIpc) is 3.23. The SMILES string of the molecule is O=C(Cc1cccnc1)N1CCC[C@@H](c2nccnc2-n2ccnc2)C1. The molecule has 3 aromatic heterocycles. The maximum Gasteiger partial charge on any atom is 0.227 e. The van der Waals surface area contributed by atoms with Gasteiger partial charge in [-0.1, -0.05) is 6.07 Å². The number of hydrogen-bond acceptors (Lipinski definition) is 5. The van der Waals surface area contributed by atoms with E-state index >= 15 is 0 Å². The zero-order chi connectivity index (χ0) is 17.8. The van der Waals surface area contributed by atoms with Crippen molar-refractivity contribution in [1.29, 1.82) is 0 Å². The molecule has 1 saturated heterocycles. The van der Waals surface area contributed by atoms with E-state index in [1.54, 1.807) is 37.3 Å². The van der Waals surface area contributed by atoms with E-state index in [4.69, 9.17) is 0 Å². The van der Waals surface area contributed by atoms with Crippen molar-refractivity contribution in [1.82, 2.24) is 29.4 Å². The van der Waals surface area contributed by atoms with E-state index in [0.717, 1.165) is 36.5 Å². The van der Waals surface area contributed by atoms with Gasteiger partial charge in [0.15, 0.2) is 5.82 Å². The molecule has 0 radical (unpaired) electrons. The van der Waals surface area contributed by atoms with Crippen molar-refractivity contribution in [2.75, 3.05) is 13.1 Å². The van der Waals surface area contributed by atoms with Crippen LogP contribution < -0.4 is 0 Å². The molecule has 132 valence electrons. The third-order valence-corrected chi connectivity index (χ3v) is 4.69. The summed E-state index contributed by atoms with van der Waals surface area (Å²) < 4.78 is 1.87. The van der Waals surface area contributed by atoms with E-state index in [-0.39, 0.29) is 11.8 Å². The van der Waals surface area contributed by atoms with Crippen LogP contribution in [0.3, 0.4) is 0 Å². The Balaban J connectivity index is 1.52. The third kappa shape index (κ3) is 3.46. The molecule has 4 heterocycles. The van der Waals surface area contributed by atoms with Crippen LogP contribution in [0.2, 0.25) is 0 Å². The summed E-state index contributed by atoms with van der Waals surface area (Å²) in [6.45, 7) is 1.45. The molecular weight excluding hydrogens is 328 g/mol. The molecule has 0 aliphatic carbocycles. The van der Waals surface area contributed by atoms with Crippen molar-refractivity contribution in [3.05, 3.63) is 66.9 Å². The molecule has 1 aliphatic rings. The Labute approximate surface area is 151 Å². The van der Waals surface area contributed by atoms with Gasteiger partial charge in [0.1, 0.15) is 6.33 Å². The highest BCUT2D eigenvalue weighted by atomic mass is 16.2. The van der Waals surface area contributed by atoms with Crippen molar-refractivity contribution < 1.29 is 4.79 Å². The molecule has 0 unspecified atom stereocenters. The molecule has 1 amide bonds. The Hall–Kier alpha value is -3.09. The van der Waals surface area contributed by atoms with E-state index in [2.05, 4.69) is 19.9 Å². The van der Waals surface area contributed by atoms with Crippen LogP contribution in [0.4, 0.5) is 0 Å². The summed E-state index contributed by atoms with van der Waals surface area (Å²) in [6, 6.07) is 3.80. The lowest BCUT2D eigenvalue weighted by Crippen LogP contribution is -2.40. The van der Waals surface area contributed by atoms with Gasteiger partial charge in [0, 0.05) is 56.2 Å². The molecular formula is C19H20N6O. The number of likely N-dealkylation sites (tertiary alicyclic amines) is 1. The lowest BCUT2D eigenvalue weighted by molar-refractivity contribution is -0.131. The molecule has 1 aliphatic heterocycles. The van der Waals surface area contributed by atoms with Crippen LogP contribution in [0.15, 0.2) is 55.6 Å². The van der Waals surface area contributed by atoms with E-state index in [9.17, 15) is 4.79 Å². The molecule has 7 nitrogen and oxygen atoms in total. The van der Waals surface area contributed by atoms with Crippen molar-refractivity contribution in [3.63, 3.8) is 0 Å². The van der Waals surface area contributed by atoms with Gasteiger partial charge in [-0.25, -0.2) is 9.97 Å². The number of carbonyl (C=O) groups excluding carboxylic acids is 1.